The highest BCUT2D eigenvalue weighted by Crippen LogP contribution is 2.60. The Bertz CT molecular complexity index is 1580. The lowest BCUT2D eigenvalue weighted by Gasteiger charge is -2.43. The van der Waals surface area contributed by atoms with Crippen LogP contribution in [0.4, 0.5) is 35.1 Å². The quantitative estimate of drug-likeness (QED) is 0.307. The Hall–Kier alpha value is -3.56. The molecule has 1 heterocycles. The molecule has 3 amide bonds. The number of benzene rings is 2. The molecule has 1 N–H and O–H groups in total. The summed E-state index contributed by atoms with van der Waals surface area (Å²) in [5.74, 6) is -5.24. The highest BCUT2D eigenvalue weighted by molar-refractivity contribution is 7.92. The fourth-order valence-corrected chi connectivity index (χ4v) is 9.17. The topological polar surface area (TPSA) is 101 Å². The van der Waals surface area contributed by atoms with E-state index in [2.05, 4.69) is 0 Å². The van der Waals surface area contributed by atoms with Crippen LogP contribution in [-0.2, 0) is 41.1 Å². The minimum atomic E-state index is -6.39. The summed E-state index contributed by atoms with van der Waals surface area (Å²) in [6.07, 6.45) is -13.8. The monoisotopic (exact) mass is 638 g/mol. The van der Waals surface area contributed by atoms with Crippen LogP contribution in [0.3, 0.4) is 0 Å². The van der Waals surface area contributed by atoms with Crippen LogP contribution in [0.15, 0.2) is 47.4 Å². The summed E-state index contributed by atoms with van der Waals surface area (Å²) in [7, 11) is -4.64. The number of imide groups is 1. The largest absolute Gasteiger partial charge is 0.435 e. The molecule has 0 aromatic heterocycles. The summed E-state index contributed by atoms with van der Waals surface area (Å²) >= 11 is 0. The number of halogens is 8. The molecule has 0 unspecified atom stereocenters. The van der Waals surface area contributed by atoms with E-state index in [4.69, 9.17) is 0 Å². The van der Waals surface area contributed by atoms with E-state index >= 15 is 0 Å². The average Bonchev–Trinajstić information content (AvgIpc) is 3.32. The van der Waals surface area contributed by atoms with Gasteiger partial charge in [0.15, 0.2) is 9.84 Å². The first-order valence-corrected chi connectivity index (χ1v) is 14.4. The van der Waals surface area contributed by atoms with Gasteiger partial charge in [0.1, 0.15) is 23.7 Å². The molecule has 43 heavy (non-hydrogen) atoms. The fraction of sp³-hybridized carbons (Fsp3) is 0.444. The molecule has 0 bridgehead atoms. The molecule has 2 aromatic carbocycles. The van der Waals surface area contributed by atoms with Gasteiger partial charge in [-0.2, -0.15) is 26.3 Å². The summed E-state index contributed by atoms with van der Waals surface area (Å²) in [6.45, 7) is -0.974. The molecule has 1 aliphatic heterocycles. The number of amides is 3. The Morgan fingerprint density at radius 1 is 0.884 bits per heavy atom. The number of carbonyl (C=O) groups is 3. The predicted octanol–water partition coefficient (Wildman–Crippen LogP) is 4.24. The zero-order valence-electron chi connectivity index (χ0n) is 21.9. The zero-order chi connectivity index (χ0) is 31.8. The van der Waals surface area contributed by atoms with Crippen LogP contribution in [0.2, 0.25) is 0 Å². The van der Waals surface area contributed by atoms with Gasteiger partial charge in [0, 0.05) is 11.5 Å². The molecule has 0 spiro atoms. The van der Waals surface area contributed by atoms with Crippen molar-refractivity contribution in [3.05, 3.63) is 65.0 Å². The lowest BCUT2D eigenvalue weighted by molar-refractivity contribution is -0.348. The standard InChI is InChI=1S/C27H22F8N2O5S/c28-16-3-5-17(6-4-16)43(41,42)24-10-9-18(23(40)37-12-21(38)36-22(39)13-37)20(24)7-1-14-11-15(2-8-19(14)24)25(29,26(30,31)32)27(33,34)35/h2-6,8,11,18,20H,1,7,9-10,12-13H2,(H,36,38,39)/t18-,20+,24-/m1/s1. The summed E-state index contributed by atoms with van der Waals surface area (Å²) in [6, 6.07) is 4.91. The Kier molecular flexibility index (Phi) is 7.18. The van der Waals surface area contributed by atoms with Gasteiger partial charge < -0.3 is 4.90 Å². The van der Waals surface area contributed by atoms with Crippen LogP contribution in [-0.4, -0.2) is 56.5 Å². The molecule has 0 radical (unpaired) electrons. The number of rotatable bonds is 4. The molecular weight excluding hydrogens is 616 g/mol. The number of alkyl halides is 7. The number of hydrogen-bond acceptors (Lipinski definition) is 5. The van der Waals surface area contributed by atoms with Gasteiger partial charge >= 0.3 is 18.0 Å². The Balaban J connectivity index is 1.67. The number of fused-ring (bicyclic) bond motifs is 3. The average molecular weight is 639 g/mol. The van der Waals surface area contributed by atoms with Gasteiger partial charge in [-0.25, -0.2) is 17.2 Å². The third-order valence-electron chi connectivity index (χ3n) is 8.56. The molecular formula is C27H22F8N2O5S. The lowest BCUT2D eigenvalue weighted by atomic mass is 9.72. The summed E-state index contributed by atoms with van der Waals surface area (Å²) in [5.41, 5.74) is -8.01. The van der Waals surface area contributed by atoms with Crippen LogP contribution in [0.5, 0.6) is 0 Å². The maximum absolute atomic E-state index is 14.9. The summed E-state index contributed by atoms with van der Waals surface area (Å²) in [5, 5.41) is 2.03. The van der Waals surface area contributed by atoms with E-state index in [1.807, 2.05) is 5.32 Å². The van der Waals surface area contributed by atoms with Crippen molar-refractivity contribution in [3.8, 4) is 0 Å². The first-order valence-electron chi connectivity index (χ1n) is 12.9. The molecule has 5 rings (SSSR count). The Labute approximate surface area is 239 Å². The molecule has 1 saturated carbocycles. The zero-order valence-corrected chi connectivity index (χ0v) is 22.7. The molecule has 7 nitrogen and oxygen atoms in total. The first kappa shape index (κ1) is 30.9. The van der Waals surface area contributed by atoms with Gasteiger partial charge in [0.25, 0.3) is 0 Å². The Morgan fingerprint density at radius 3 is 2.02 bits per heavy atom. The van der Waals surface area contributed by atoms with Crippen LogP contribution in [0, 0.1) is 17.7 Å². The molecule has 3 atom stereocenters. The number of sulfone groups is 1. The fourth-order valence-electron chi connectivity index (χ4n) is 6.70. The van der Waals surface area contributed by atoms with Crippen molar-refractivity contribution in [1.29, 1.82) is 0 Å². The highest BCUT2D eigenvalue weighted by atomic mass is 32.2. The van der Waals surface area contributed by atoms with Crippen molar-refractivity contribution in [3.63, 3.8) is 0 Å². The minimum Gasteiger partial charge on any atom is -0.324 e. The van der Waals surface area contributed by atoms with Gasteiger partial charge in [0.2, 0.25) is 17.7 Å². The molecule has 232 valence electrons. The third kappa shape index (κ3) is 4.59. The van der Waals surface area contributed by atoms with Crippen LogP contribution < -0.4 is 5.32 Å². The lowest BCUT2D eigenvalue weighted by Crippen LogP contribution is -2.55. The van der Waals surface area contributed by atoms with Crippen molar-refractivity contribution < 1.29 is 57.9 Å². The van der Waals surface area contributed by atoms with E-state index in [0.717, 1.165) is 29.2 Å². The van der Waals surface area contributed by atoms with E-state index < -0.39 is 91.5 Å². The van der Waals surface area contributed by atoms with E-state index in [0.29, 0.717) is 12.1 Å². The third-order valence-corrected chi connectivity index (χ3v) is 11.1. The second kappa shape index (κ2) is 9.99. The number of nitrogens with zero attached hydrogens (tertiary/aromatic N) is 1. The SMILES string of the molecule is O=C1CN(C(=O)[C@@H]2CC[C@@]3(S(=O)(=O)c4ccc(F)cc4)c4ccc(C(F)(C(F)(F)F)C(F)(F)F)cc4CC[C@@H]23)CC(=O)N1. The van der Waals surface area contributed by atoms with Crippen molar-refractivity contribution in [2.24, 2.45) is 11.8 Å². The molecule has 2 aliphatic carbocycles. The normalized spacial score (nSPS) is 24.8. The number of carbonyl (C=O) groups excluding carboxylic acids is 3. The molecule has 1 saturated heterocycles. The second-order valence-electron chi connectivity index (χ2n) is 10.8. The van der Waals surface area contributed by atoms with Crippen LogP contribution in [0.25, 0.3) is 0 Å². The molecule has 16 heteroatoms. The van der Waals surface area contributed by atoms with Crippen molar-refractivity contribution in [2.75, 3.05) is 13.1 Å². The van der Waals surface area contributed by atoms with E-state index in [-0.39, 0.29) is 42.9 Å². The number of piperazine rings is 1. The highest BCUT2D eigenvalue weighted by Gasteiger charge is 2.74. The molecule has 2 aromatic rings. The summed E-state index contributed by atoms with van der Waals surface area (Å²) < 4.78 is 136. The number of aryl methyl sites for hydroxylation is 1. The number of hydrogen-bond donors (Lipinski definition) is 1. The molecule has 2 fully saturated rings. The van der Waals surface area contributed by atoms with Crippen LogP contribution >= 0.6 is 0 Å². The molecule has 3 aliphatic rings. The van der Waals surface area contributed by atoms with Gasteiger partial charge in [-0.3, -0.25) is 19.7 Å². The van der Waals surface area contributed by atoms with Gasteiger partial charge in [0.05, 0.1) is 4.90 Å². The van der Waals surface area contributed by atoms with Crippen molar-refractivity contribution >= 4 is 27.6 Å². The van der Waals surface area contributed by atoms with Gasteiger partial charge in [-0.1, -0.05) is 18.2 Å². The Morgan fingerprint density at radius 2 is 1.47 bits per heavy atom. The van der Waals surface area contributed by atoms with Crippen molar-refractivity contribution in [1.82, 2.24) is 10.2 Å². The van der Waals surface area contributed by atoms with E-state index in [9.17, 15) is 57.9 Å². The maximum atomic E-state index is 14.9. The summed E-state index contributed by atoms with van der Waals surface area (Å²) in [4.78, 5) is 37.9. The minimum absolute atomic E-state index is 0.129. The van der Waals surface area contributed by atoms with Crippen LogP contribution in [0.1, 0.15) is 36.0 Å². The van der Waals surface area contributed by atoms with E-state index in [1.54, 1.807) is 0 Å². The second-order valence-corrected chi connectivity index (χ2v) is 13.0. The smallest absolute Gasteiger partial charge is 0.324 e. The predicted molar refractivity (Wildman–Crippen MR) is 131 cm³/mol. The van der Waals surface area contributed by atoms with Crippen molar-refractivity contribution in [2.45, 2.75) is 53.3 Å². The van der Waals surface area contributed by atoms with E-state index in [1.165, 1.54) is 0 Å². The maximum Gasteiger partial charge on any atom is 0.435 e. The van der Waals surface area contributed by atoms with Gasteiger partial charge in [-0.05, 0) is 67.0 Å². The first-order chi connectivity index (χ1) is 19.8. The van der Waals surface area contributed by atoms with Gasteiger partial charge in [-0.15, -0.1) is 0 Å². The number of nitrogens with one attached hydrogen (secondary N) is 1.